The highest BCUT2D eigenvalue weighted by Crippen LogP contribution is 2.04. The standard InChI is InChI=1S/C14H28N4/c1-7-18-13(8-11(2)17-18)10-15-12(3)9-16-14(4,5)6/h8,12,15-16H,7,9-10H2,1-6H3. The molecule has 0 aromatic carbocycles. The molecule has 1 heterocycles. The van der Waals surface area contributed by atoms with Gasteiger partial charge in [-0.25, -0.2) is 0 Å². The van der Waals surface area contributed by atoms with Crippen molar-refractivity contribution in [1.82, 2.24) is 20.4 Å². The first-order valence-electron chi connectivity index (χ1n) is 6.83. The lowest BCUT2D eigenvalue weighted by Gasteiger charge is -2.24. The van der Waals surface area contributed by atoms with Gasteiger partial charge in [-0.1, -0.05) is 0 Å². The Balaban J connectivity index is 2.40. The summed E-state index contributed by atoms with van der Waals surface area (Å²) in [4.78, 5) is 0. The topological polar surface area (TPSA) is 41.9 Å². The number of nitrogens with zero attached hydrogens (tertiary/aromatic N) is 2. The molecule has 0 radical (unpaired) electrons. The number of nitrogens with one attached hydrogen (secondary N) is 2. The molecule has 18 heavy (non-hydrogen) atoms. The zero-order valence-electron chi connectivity index (χ0n) is 12.7. The van der Waals surface area contributed by atoms with E-state index in [9.17, 15) is 0 Å². The Labute approximate surface area is 111 Å². The predicted octanol–water partition coefficient (Wildman–Crippen LogP) is 2.08. The molecule has 0 aliphatic carbocycles. The molecule has 1 rings (SSSR count). The van der Waals surface area contributed by atoms with Gasteiger partial charge in [0.15, 0.2) is 0 Å². The maximum atomic E-state index is 4.45. The van der Waals surface area contributed by atoms with E-state index in [0.717, 1.165) is 25.3 Å². The molecule has 0 aliphatic rings. The van der Waals surface area contributed by atoms with Gasteiger partial charge >= 0.3 is 0 Å². The molecule has 0 fully saturated rings. The van der Waals surface area contributed by atoms with E-state index < -0.39 is 0 Å². The number of hydrogen-bond donors (Lipinski definition) is 2. The highest BCUT2D eigenvalue weighted by molar-refractivity contribution is 5.08. The third-order valence-electron chi connectivity index (χ3n) is 2.86. The van der Waals surface area contributed by atoms with Gasteiger partial charge in [0.25, 0.3) is 0 Å². The highest BCUT2D eigenvalue weighted by atomic mass is 15.3. The SMILES string of the molecule is CCn1nc(C)cc1CNC(C)CNC(C)(C)C. The minimum atomic E-state index is 0.178. The van der Waals surface area contributed by atoms with Crippen LogP contribution in [0.3, 0.4) is 0 Å². The van der Waals surface area contributed by atoms with Gasteiger partial charge in [-0.2, -0.15) is 5.10 Å². The Bertz CT molecular complexity index is 362. The van der Waals surface area contributed by atoms with E-state index in [1.54, 1.807) is 0 Å². The van der Waals surface area contributed by atoms with Crippen molar-refractivity contribution < 1.29 is 0 Å². The second kappa shape index (κ2) is 6.34. The van der Waals surface area contributed by atoms with Crippen LogP contribution < -0.4 is 10.6 Å². The molecular weight excluding hydrogens is 224 g/mol. The summed E-state index contributed by atoms with van der Waals surface area (Å²) in [6.45, 7) is 15.7. The monoisotopic (exact) mass is 252 g/mol. The maximum Gasteiger partial charge on any atom is 0.0597 e. The Kier molecular flexibility index (Phi) is 5.35. The summed E-state index contributed by atoms with van der Waals surface area (Å²) in [5, 5.41) is 11.5. The molecule has 1 atom stereocenters. The maximum absolute atomic E-state index is 4.45. The van der Waals surface area contributed by atoms with Gasteiger partial charge < -0.3 is 10.6 Å². The summed E-state index contributed by atoms with van der Waals surface area (Å²) in [6, 6.07) is 2.60. The third kappa shape index (κ3) is 5.19. The van der Waals surface area contributed by atoms with E-state index >= 15 is 0 Å². The summed E-state index contributed by atoms with van der Waals surface area (Å²) < 4.78 is 2.06. The number of hydrogen-bond acceptors (Lipinski definition) is 3. The number of aryl methyl sites for hydroxylation is 2. The third-order valence-corrected chi connectivity index (χ3v) is 2.86. The summed E-state index contributed by atoms with van der Waals surface area (Å²) in [5.74, 6) is 0. The zero-order valence-corrected chi connectivity index (χ0v) is 12.7. The van der Waals surface area contributed by atoms with Crippen molar-refractivity contribution in [2.24, 2.45) is 0 Å². The van der Waals surface area contributed by atoms with Gasteiger partial charge in [0.05, 0.1) is 11.4 Å². The van der Waals surface area contributed by atoms with Crippen LogP contribution in [0.5, 0.6) is 0 Å². The fourth-order valence-electron chi connectivity index (χ4n) is 1.83. The van der Waals surface area contributed by atoms with E-state index in [2.05, 4.69) is 61.1 Å². The summed E-state index contributed by atoms with van der Waals surface area (Å²) >= 11 is 0. The first kappa shape index (κ1) is 15.2. The minimum Gasteiger partial charge on any atom is -0.311 e. The minimum absolute atomic E-state index is 0.178. The van der Waals surface area contributed by atoms with Gasteiger partial charge in [-0.3, -0.25) is 4.68 Å². The second-order valence-electron chi connectivity index (χ2n) is 6.01. The predicted molar refractivity (Wildman–Crippen MR) is 76.7 cm³/mol. The van der Waals surface area contributed by atoms with Crippen LogP contribution in [0, 0.1) is 6.92 Å². The molecule has 1 aromatic heterocycles. The van der Waals surface area contributed by atoms with E-state index in [1.165, 1.54) is 5.69 Å². The molecule has 0 saturated heterocycles. The van der Waals surface area contributed by atoms with Crippen molar-refractivity contribution in [2.45, 2.75) is 66.2 Å². The van der Waals surface area contributed by atoms with Crippen LogP contribution in [0.2, 0.25) is 0 Å². The van der Waals surface area contributed by atoms with Crippen molar-refractivity contribution in [3.05, 3.63) is 17.5 Å². The first-order valence-corrected chi connectivity index (χ1v) is 6.83. The van der Waals surface area contributed by atoms with E-state index in [1.807, 2.05) is 6.92 Å². The molecule has 0 bridgehead atoms. The summed E-state index contributed by atoms with van der Waals surface area (Å²) in [6.07, 6.45) is 0. The quantitative estimate of drug-likeness (QED) is 0.814. The molecule has 1 aromatic rings. The van der Waals surface area contributed by atoms with Gasteiger partial charge in [-0.15, -0.1) is 0 Å². The van der Waals surface area contributed by atoms with Gasteiger partial charge in [0.1, 0.15) is 0 Å². The lowest BCUT2D eigenvalue weighted by Crippen LogP contribution is -2.44. The molecule has 0 spiro atoms. The van der Waals surface area contributed by atoms with Crippen LogP contribution >= 0.6 is 0 Å². The van der Waals surface area contributed by atoms with E-state index in [-0.39, 0.29) is 5.54 Å². The molecule has 4 heteroatoms. The second-order valence-corrected chi connectivity index (χ2v) is 6.01. The lowest BCUT2D eigenvalue weighted by molar-refractivity contribution is 0.385. The molecule has 0 saturated carbocycles. The molecule has 1 unspecified atom stereocenters. The van der Waals surface area contributed by atoms with Crippen molar-refractivity contribution >= 4 is 0 Å². The van der Waals surface area contributed by atoms with Gasteiger partial charge in [0, 0.05) is 31.2 Å². The average molecular weight is 252 g/mol. The zero-order chi connectivity index (χ0) is 13.8. The Morgan fingerprint density at radius 3 is 2.61 bits per heavy atom. The first-order chi connectivity index (χ1) is 8.31. The van der Waals surface area contributed by atoms with Crippen molar-refractivity contribution in [1.29, 1.82) is 0 Å². The number of rotatable bonds is 6. The normalized spacial score (nSPS) is 13.9. The largest absolute Gasteiger partial charge is 0.311 e. The molecule has 4 nitrogen and oxygen atoms in total. The summed E-state index contributed by atoms with van der Waals surface area (Å²) in [5.41, 5.74) is 2.53. The molecular formula is C14H28N4. The molecule has 2 N–H and O–H groups in total. The summed E-state index contributed by atoms with van der Waals surface area (Å²) in [7, 11) is 0. The Hall–Kier alpha value is -0.870. The highest BCUT2D eigenvalue weighted by Gasteiger charge is 2.11. The van der Waals surface area contributed by atoms with Crippen LogP contribution in [0.25, 0.3) is 0 Å². The van der Waals surface area contributed by atoms with Crippen LogP contribution in [0.4, 0.5) is 0 Å². The number of aromatic nitrogens is 2. The molecule has 0 aliphatic heterocycles. The Morgan fingerprint density at radius 2 is 2.06 bits per heavy atom. The average Bonchev–Trinajstić information content (AvgIpc) is 2.63. The van der Waals surface area contributed by atoms with E-state index in [4.69, 9.17) is 0 Å². The van der Waals surface area contributed by atoms with Crippen LogP contribution in [0.15, 0.2) is 6.07 Å². The fourth-order valence-corrected chi connectivity index (χ4v) is 1.83. The van der Waals surface area contributed by atoms with Crippen molar-refractivity contribution in [3.63, 3.8) is 0 Å². The fraction of sp³-hybridized carbons (Fsp3) is 0.786. The van der Waals surface area contributed by atoms with Crippen LogP contribution in [-0.4, -0.2) is 27.9 Å². The van der Waals surface area contributed by atoms with E-state index in [0.29, 0.717) is 6.04 Å². The van der Waals surface area contributed by atoms with Crippen molar-refractivity contribution in [2.75, 3.05) is 6.54 Å². The van der Waals surface area contributed by atoms with Gasteiger partial charge in [0.2, 0.25) is 0 Å². The Morgan fingerprint density at radius 1 is 1.39 bits per heavy atom. The van der Waals surface area contributed by atoms with Crippen LogP contribution in [0.1, 0.15) is 46.0 Å². The smallest absolute Gasteiger partial charge is 0.0597 e. The molecule has 104 valence electrons. The lowest BCUT2D eigenvalue weighted by atomic mass is 10.1. The van der Waals surface area contributed by atoms with Gasteiger partial charge in [-0.05, 0) is 47.6 Å². The van der Waals surface area contributed by atoms with Crippen molar-refractivity contribution in [3.8, 4) is 0 Å². The van der Waals surface area contributed by atoms with Crippen LogP contribution in [-0.2, 0) is 13.1 Å². The molecule has 0 amide bonds.